The van der Waals surface area contributed by atoms with Crippen molar-refractivity contribution in [2.75, 3.05) is 13.1 Å². The first kappa shape index (κ1) is 16.3. The number of benzene rings is 2. The van der Waals surface area contributed by atoms with Crippen molar-refractivity contribution in [2.24, 2.45) is 0 Å². The lowest BCUT2D eigenvalue weighted by Gasteiger charge is -2.29. The number of nitrogens with one attached hydrogen (secondary N) is 1. The minimum Gasteiger partial charge on any atom is -0.354 e. The molecule has 2 aromatic carbocycles. The highest BCUT2D eigenvalue weighted by Gasteiger charge is 2.31. The van der Waals surface area contributed by atoms with E-state index in [1.54, 1.807) is 11.1 Å². The fraction of sp³-hybridized carbons (Fsp3) is 0.190. The van der Waals surface area contributed by atoms with Gasteiger partial charge in [-0.3, -0.25) is 14.6 Å². The third-order valence-electron chi connectivity index (χ3n) is 4.75. The number of hydrogen-bond acceptors (Lipinski definition) is 3. The number of rotatable bonds is 2. The topological polar surface area (TPSA) is 62.3 Å². The highest BCUT2D eigenvalue weighted by molar-refractivity contribution is 6.05. The zero-order chi connectivity index (χ0) is 17.9. The Bertz CT molecular complexity index is 950. The van der Waals surface area contributed by atoms with Crippen LogP contribution >= 0.6 is 0 Å². The lowest BCUT2D eigenvalue weighted by atomic mass is 10.0. The van der Waals surface area contributed by atoms with Gasteiger partial charge < -0.3 is 10.2 Å². The van der Waals surface area contributed by atoms with Gasteiger partial charge in [-0.15, -0.1) is 0 Å². The summed E-state index contributed by atoms with van der Waals surface area (Å²) in [4.78, 5) is 31.6. The summed E-state index contributed by atoms with van der Waals surface area (Å²) in [6.07, 6.45) is 1.91. The monoisotopic (exact) mass is 345 g/mol. The van der Waals surface area contributed by atoms with E-state index in [4.69, 9.17) is 0 Å². The molecule has 1 aliphatic heterocycles. The van der Waals surface area contributed by atoms with Gasteiger partial charge in [0.1, 0.15) is 5.69 Å². The molecular formula is C21H19N3O2. The van der Waals surface area contributed by atoms with Gasteiger partial charge in [0.05, 0.1) is 12.5 Å². The molecule has 0 radical (unpaired) electrons. The second-order valence-corrected chi connectivity index (χ2v) is 6.36. The number of amides is 2. The van der Waals surface area contributed by atoms with E-state index >= 15 is 0 Å². The van der Waals surface area contributed by atoms with Crippen LogP contribution in [-0.4, -0.2) is 34.8 Å². The van der Waals surface area contributed by atoms with Crippen LogP contribution in [0.4, 0.5) is 0 Å². The Morgan fingerprint density at radius 2 is 1.81 bits per heavy atom. The van der Waals surface area contributed by atoms with Crippen LogP contribution in [0.1, 0.15) is 28.5 Å². The number of nitrogens with zero attached hydrogens (tertiary/aromatic N) is 2. The number of carbonyl (C=O) groups is 2. The van der Waals surface area contributed by atoms with Crippen LogP contribution in [-0.2, 0) is 4.79 Å². The number of carbonyl (C=O) groups excluding carboxylic acids is 2. The summed E-state index contributed by atoms with van der Waals surface area (Å²) in [6, 6.07) is 19.0. The van der Waals surface area contributed by atoms with Crippen molar-refractivity contribution < 1.29 is 9.59 Å². The first-order valence-corrected chi connectivity index (χ1v) is 8.70. The van der Waals surface area contributed by atoms with Crippen molar-refractivity contribution in [3.05, 3.63) is 78.1 Å². The second kappa shape index (κ2) is 6.96. The molecule has 1 aliphatic rings. The third kappa shape index (κ3) is 3.04. The molecule has 2 amide bonds. The minimum atomic E-state index is -0.299. The molecule has 0 unspecified atom stereocenters. The smallest absolute Gasteiger partial charge is 0.273 e. The predicted molar refractivity (Wildman–Crippen MR) is 99.6 cm³/mol. The van der Waals surface area contributed by atoms with Crippen LogP contribution in [0.25, 0.3) is 10.8 Å². The Balaban J connectivity index is 1.77. The van der Waals surface area contributed by atoms with Crippen molar-refractivity contribution in [3.63, 3.8) is 0 Å². The second-order valence-electron chi connectivity index (χ2n) is 6.36. The predicted octanol–water partition coefficient (Wildman–Crippen LogP) is 2.94. The van der Waals surface area contributed by atoms with Crippen LogP contribution in [0.3, 0.4) is 0 Å². The summed E-state index contributed by atoms with van der Waals surface area (Å²) in [5.41, 5.74) is 1.39. The van der Waals surface area contributed by atoms with Crippen LogP contribution in [0.2, 0.25) is 0 Å². The maximum absolute atomic E-state index is 13.4. The van der Waals surface area contributed by atoms with E-state index in [-0.39, 0.29) is 24.3 Å². The zero-order valence-corrected chi connectivity index (χ0v) is 14.3. The van der Waals surface area contributed by atoms with Crippen molar-refractivity contribution in [1.82, 2.24) is 15.2 Å². The third-order valence-corrected chi connectivity index (χ3v) is 4.75. The minimum absolute atomic E-state index is 0.0416. The van der Waals surface area contributed by atoms with Crippen LogP contribution in [0, 0.1) is 0 Å². The van der Waals surface area contributed by atoms with Gasteiger partial charge in [0.15, 0.2) is 0 Å². The van der Waals surface area contributed by atoms with Crippen molar-refractivity contribution in [2.45, 2.75) is 12.5 Å². The summed E-state index contributed by atoms with van der Waals surface area (Å²) in [5, 5.41) is 4.67. The largest absolute Gasteiger partial charge is 0.354 e. The van der Waals surface area contributed by atoms with Gasteiger partial charge in [-0.25, -0.2) is 0 Å². The standard InChI is InChI=1S/C21H19N3O2/c25-19-14-18(16-7-2-1-3-8-16)24(13-12-22-19)21(26)20-17-9-5-4-6-15(17)10-11-23-20/h1-11,18H,12-14H2,(H,22,25)/t18-/m1/s1. The maximum atomic E-state index is 13.4. The maximum Gasteiger partial charge on any atom is 0.273 e. The molecule has 4 rings (SSSR count). The Kier molecular flexibility index (Phi) is 4.35. The highest BCUT2D eigenvalue weighted by atomic mass is 16.2. The molecule has 0 bridgehead atoms. The number of pyridine rings is 1. The molecule has 3 aromatic rings. The van der Waals surface area contributed by atoms with Gasteiger partial charge in [0.2, 0.25) is 5.91 Å². The molecule has 26 heavy (non-hydrogen) atoms. The van der Waals surface area contributed by atoms with Crippen molar-refractivity contribution in [1.29, 1.82) is 0 Å². The summed E-state index contributed by atoms with van der Waals surface area (Å²) >= 11 is 0. The van der Waals surface area contributed by atoms with Crippen molar-refractivity contribution >= 4 is 22.6 Å². The van der Waals surface area contributed by atoms with E-state index < -0.39 is 0 Å². The van der Waals surface area contributed by atoms with Gasteiger partial charge in [-0.05, 0) is 17.0 Å². The van der Waals surface area contributed by atoms with Gasteiger partial charge in [0.25, 0.3) is 5.91 Å². The van der Waals surface area contributed by atoms with E-state index in [1.807, 2.05) is 60.7 Å². The van der Waals surface area contributed by atoms with E-state index in [0.717, 1.165) is 16.3 Å². The van der Waals surface area contributed by atoms with Gasteiger partial charge in [-0.1, -0.05) is 54.6 Å². The summed E-state index contributed by atoms with van der Waals surface area (Å²) in [5.74, 6) is -0.188. The summed E-state index contributed by atoms with van der Waals surface area (Å²) in [6.45, 7) is 0.897. The lowest BCUT2D eigenvalue weighted by molar-refractivity contribution is -0.121. The molecule has 1 atom stereocenters. The Morgan fingerprint density at radius 1 is 1.04 bits per heavy atom. The quantitative estimate of drug-likeness (QED) is 0.777. The lowest BCUT2D eigenvalue weighted by Crippen LogP contribution is -2.37. The fourth-order valence-corrected chi connectivity index (χ4v) is 3.47. The van der Waals surface area contributed by atoms with Crippen LogP contribution in [0.15, 0.2) is 66.9 Å². The van der Waals surface area contributed by atoms with E-state index in [2.05, 4.69) is 10.3 Å². The Hall–Kier alpha value is -3.21. The van der Waals surface area contributed by atoms with E-state index in [0.29, 0.717) is 18.8 Å². The van der Waals surface area contributed by atoms with E-state index in [9.17, 15) is 9.59 Å². The molecule has 5 nitrogen and oxygen atoms in total. The molecule has 130 valence electrons. The molecule has 2 heterocycles. The van der Waals surface area contributed by atoms with Gasteiger partial charge in [0, 0.05) is 24.7 Å². The Labute approximate surface area is 151 Å². The zero-order valence-electron chi connectivity index (χ0n) is 14.3. The molecule has 1 fully saturated rings. The first-order chi connectivity index (χ1) is 12.7. The van der Waals surface area contributed by atoms with Crippen molar-refractivity contribution in [3.8, 4) is 0 Å². The normalized spacial score (nSPS) is 17.6. The average molecular weight is 345 g/mol. The molecular weight excluding hydrogens is 326 g/mol. The molecule has 5 heteroatoms. The van der Waals surface area contributed by atoms with Gasteiger partial charge >= 0.3 is 0 Å². The summed E-state index contributed by atoms with van der Waals surface area (Å²) in [7, 11) is 0. The SMILES string of the molecule is O=C1C[C@H](c2ccccc2)N(C(=O)c2nccc3ccccc23)CCN1. The molecule has 1 aromatic heterocycles. The average Bonchev–Trinajstić information content (AvgIpc) is 2.89. The molecule has 0 spiro atoms. The number of hydrogen-bond donors (Lipinski definition) is 1. The first-order valence-electron chi connectivity index (χ1n) is 8.70. The molecule has 0 saturated carbocycles. The number of aromatic nitrogens is 1. The number of fused-ring (bicyclic) bond motifs is 1. The van der Waals surface area contributed by atoms with E-state index in [1.165, 1.54) is 0 Å². The van der Waals surface area contributed by atoms with Gasteiger partial charge in [-0.2, -0.15) is 0 Å². The highest BCUT2D eigenvalue weighted by Crippen LogP contribution is 2.28. The molecule has 0 aliphatic carbocycles. The van der Waals surface area contributed by atoms with Crippen LogP contribution in [0.5, 0.6) is 0 Å². The molecule has 1 N–H and O–H groups in total. The van der Waals surface area contributed by atoms with Crippen LogP contribution < -0.4 is 5.32 Å². The fourth-order valence-electron chi connectivity index (χ4n) is 3.47. The molecule has 1 saturated heterocycles. The Morgan fingerprint density at radius 3 is 2.65 bits per heavy atom. The summed E-state index contributed by atoms with van der Waals surface area (Å²) < 4.78 is 0.